The van der Waals surface area contributed by atoms with Crippen LogP contribution < -0.4 is 16.2 Å². The smallest absolute Gasteiger partial charge is 0.261 e. The lowest BCUT2D eigenvalue weighted by molar-refractivity contribution is 0.179. The molecular formula is C19H29BrN4O2. The highest BCUT2D eigenvalue weighted by Gasteiger charge is 2.09. The van der Waals surface area contributed by atoms with E-state index in [0.717, 1.165) is 61.3 Å². The average Bonchev–Trinajstić information content (AvgIpc) is 2.89. The summed E-state index contributed by atoms with van der Waals surface area (Å²) in [4.78, 5) is 17.0. The number of β-amino-alcohol motifs (C(OH)–C–C–N with tert-alkyl or cyclic N) is 1. The lowest BCUT2D eigenvalue weighted by Crippen LogP contribution is -2.28. The Labute approximate surface area is 163 Å². The van der Waals surface area contributed by atoms with Crippen molar-refractivity contribution < 1.29 is 5.11 Å². The Morgan fingerprint density at radius 1 is 1.27 bits per heavy atom. The first-order valence-corrected chi connectivity index (χ1v) is 10.1. The highest BCUT2D eigenvalue weighted by atomic mass is 79.9. The molecule has 6 nitrogen and oxygen atoms in total. The molecule has 26 heavy (non-hydrogen) atoms. The molecule has 0 unspecified atom stereocenters. The molecule has 0 amide bonds. The molecule has 1 aliphatic heterocycles. The standard InChI is InChI=1S/C14H17BrN2O.C5H12N2O/c1-3-5-6-13-16-12-8-7-10(15)9-11(12)14(18)17(13)4-2;8-5-3-6-1-2-7-4-5/h7-9H,3-6H2,1-2H3;5-8H,1-4H2. The van der Waals surface area contributed by atoms with Gasteiger partial charge in [-0.3, -0.25) is 9.36 Å². The van der Waals surface area contributed by atoms with Gasteiger partial charge in [-0.1, -0.05) is 29.3 Å². The van der Waals surface area contributed by atoms with Crippen molar-refractivity contribution in [3.63, 3.8) is 0 Å². The zero-order chi connectivity index (χ0) is 18.9. The normalized spacial score (nSPS) is 15.4. The first kappa shape index (κ1) is 21.0. The second-order valence-electron chi connectivity index (χ2n) is 6.40. The number of unbranched alkanes of at least 4 members (excludes halogenated alkanes) is 1. The monoisotopic (exact) mass is 424 g/mol. The first-order chi connectivity index (χ1) is 12.6. The number of benzene rings is 1. The van der Waals surface area contributed by atoms with Crippen molar-refractivity contribution in [2.45, 2.75) is 45.8 Å². The molecule has 7 heteroatoms. The van der Waals surface area contributed by atoms with E-state index in [4.69, 9.17) is 5.11 Å². The summed E-state index contributed by atoms with van der Waals surface area (Å²) in [5.74, 6) is 0.902. The minimum absolute atomic E-state index is 0.0647. The summed E-state index contributed by atoms with van der Waals surface area (Å²) in [7, 11) is 0. The van der Waals surface area contributed by atoms with E-state index in [1.807, 2.05) is 25.1 Å². The van der Waals surface area contributed by atoms with Crippen LogP contribution in [0.1, 0.15) is 32.5 Å². The van der Waals surface area contributed by atoms with Crippen LogP contribution in [0.2, 0.25) is 0 Å². The second kappa shape index (κ2) is 10.8. The fourth-order valence-corrected chi connectivity index (χ4v) is 3.24. The Morgan fingerprint density at radius 3 is 2.58 bits per heavy atom. The van der Waals surface area contributed by atoms with Crippen LogP contribution in [0.4, 0.5) is 0 Å². The molecule has 0 radical (unpaired) electrons. The highest BCUT2D eigenvalue weighted by Crippen LogP contribution is 2.16. The van der Waals surface area contributed by atoms with Crippen molar-refractivity contribution in [3.8, 4) is 0 Å². The summed E-state index contributed by atoms with van der Waals surface area (Å²) in [5.41, 5.74) is 0.855. The number of rotatable bonds is 4. The van der Waals surface area contributed by atoms with Gasteiger partial charge in [0.15, 0.2) is 0 Å². The summed E-state index contributed by atoms with van der Waals surface area (Å²) < 4.78 is 2.70. The third-order valence-corrected chi connectivity index (χ3v) is 4.80. The topological polar surface area (TPSA) is 79.2 Å². The number of aliphatic hydroxyl groups is 1. The molecule has 3 rings (SSSR count). The molecule has 1 aromatic carbocycles. The molecule has 3 N–H and O–H groups in total. The Morgan fingerprint density at radius 2 is 1.96 bits per heavy atom. The summed E-state index contributed by atoms with van der Waals surface area (Å²) >= 11 is 3.40. The van der Waals surface area contributed by atoms with Crippen LogP contribution in [0.5, 0.6) is 0 Å². The molecule has 0 bridgehead atoms. The van der Waals surface area contributed by atoms with Crippen molar-refractivity contribution in [2.75, 3.05) is 26.2 Å². The largest absolute Gasteiger partial charge is 0.390 e. The number of fused-ring (bicyclic) bond motifs is 1. The average molecular weight is 425 g/mol. The number of aliphatic hydroxyl groups excluding tert-OH is 1. The molecule has 2 heterocycles. The Hall–Kier alpha value is -1.28. The first-order valence-electron chi connectivity index (χ1n) is 9.35. The zero-order valence-electron chi connectivity index (χ0n) is 15.6. The van der Waals surface area contributed by atoms with Crippen LogP contribution in [0.3, 0.4) is 0 Å². The van der Waals surface area contributed by atoms with Crippen molar-refractivity contribution in [2.24, 2.45) is 0 Å². The van der Waals surface area contributed by atoms with Crippen LogP contribution in [0, 0.1) is 0 Å². The van der Waals surface area contributed by atoms with Crippen molar-refractivity contribution in [1.29, 1.82) is 0 Å². The number of hydrogen-bond acceptors (Lipinski definition) is 5. The Balaban J connectivity index is 0.000000254. The van der Waals surface area contributed by atoms with Gasteiger partial charge in [-0.2, -0.15) is 0 Å². The lowest BCUT2D eigenvalue weighted by atomic mass is 10.2. The van der Waals surface area contributed by atoms with Gasteiger partial charge in [-0.25, -0.2) is 4.98 Å². The molecule has 144 valence electrons. The fourth-order valence-electron chi connectivity index (χ4n) is 2.88. The van der Waals surface area contributed by atoms with Gasteiger partial charge in [0, 0.05) is 43.6 Å². The van der Waals surface area contributed by atoms with E-state index >= 15 is 0 Å². The molecule has 0 aliphatic carbocycles. The Kier molecular flexibility index (Phi) is 8.71. The molecule has 2 aromatic rings. The van der Waals surface area contributed by atoms with Gasteiger partial charge in [0.1, 0.15) is 5.82 Å². The van der Waals surface area contributed by atoms with Crippen LogP contribution in [0.25, 0.3) is 10.9 Å². The number of aryl methyl sites for hydroxylation is 1. The number of hydrogen-bond donors (Lipinski definition) is 3. The predicted molar refractivity (Wildman–Crippen MR) is 110 cm³/mol. The minimum Gasteiger partial charge on any atom is -0.390 e. The summed E-state index contributed by atoms with van der Waals surface area (Å²) in [5, 5.41) is 15.8. The fraction of sp³-hybridized carbons (Fsp3) is 0.579. The van der Waals surface area contributed by atoms with Crippen molar-refractivity contribution in [3.05, 3.63) is 38.9 Å². The third-order valence-electron chi connectivity index (χ3n) is 4.30. The van der Waals surface area contributed by atoms with Gasteiger partial charge in [-0.05, 0) is 31.5 Å². The number of aromatic nitrogens is 2. The van der Waals surface area contributed by atoms with Gasteiger partial charge >= 0.3 is 0 Å². The van der Waals surface area contributed by atoms with Crippen LogP contribution in [-0.2, 0) is 13.0 Å². The van der Waals surface area contributed by atoms with E-state index in [1.165, 1.54) is 0 Å². The maximum absolute atomic E-state index is 12.4. The summed E-state index contributed by atoms with van der Waals surface area (Å²) in [6.45, 7) is 8.20. The molecule has 1 fully saturated rings. The van der Waals surface area contributed by atoms with E-state index in [-0.39, 0.29) is 11.7 Å². The molecule has 0 atom stereocenters. The van der Waals surface area contributed by atoms with E-state index < -0.39 is 0 Å². The lowest BCUT2D eigenvalue weighted by Gasteiger charge is -2.11. The van der Waals surface area contributed by atoms with Crippen LogP contribution >= 0.6 is 15.9 Å². The number of nitrogens with one attached hydrogen (secondary N) is 2. The van der Waals surface area contributed by atoms with Gasteiger partial charge in [0.05, 0.1) is 17.0 Å². The zero-order valence-corrected chi connectivity index (χ0v) is 17.2. The molecule has 1 aliphatic rings. The van der Waals surface area contributed by atoms with E-state index in [0.29, 0.717) is 11.9 Å². The van der Waals surface area contributed by atoms with E-state index in [1.54, 1.807) is 4.57 Å². The third kappa shape index (κ3) is 5.87. The van der Waals surface area contributed by atoms with Gasteiger partial charge in [0.2, 0.25) is 0 Å². The van der Waals surface area contributed by atoms with Crippen molar-refractivity contribution in [1.82, 2.24) is 20.2 Å². The second-order valence-corrected chi connectivity index (χ2v) is 7.32. The summed E-state index contributed by atoms with van der Waals surface area (Å²) in [6, 6.07) is 5.67. The van der Waals surface area contributed by atoms with Crippen molar-refractivity contribution >= 4 is 26.8 Å². The maximum atomic E-state index is 12.4. The number of nitrogens with zero attached hydrogens (tertiary/aromatic N) is 2. The van der Waals surface area contributed by atoms with Crippen LogP contribution in [-0.4, -0.2) is 46.9 Å². The van der Waals surface area contributed by atoms with Gasteiger partial charge in [0.25, 0.3) is 5.56 Å². The predicted octanol–water partition coefficient (Wildman–Crippen LogP) is 2.06. The number of halogens is 1. The summed E-state index contributed by atoms with van der Waals surface area (Å²) in [6.07, 6.45) is 2.84. The van der Waals surface area contributed by atoms with E-state index in [2.05, 4.69) is 38.5 Å². The van der Waals surface area contributed by atoms with Gasteiger partial charge in [-0.15, -0.1) is 0 Å². The molecular weight excluding hydrogens is 396 g/mol. The molecule has 1 aromatic heterocycles. The Bertz CT molecular complexity index is 755. The quantitative estimate of drug-likeness (QED) is 0.699. The molecule has 0 saturated carbocycles. The molecule has 1 saturated heterocycles. The molecule has 0 spiro atoms. The maximum Gasteiger partial charge on any atom is 0.261 e. The van der Waals surface area contributed by atoms with Gasteiger partial charge < -0.3 is 15.7 Å². The van der Waals surface area contributed by atoms with E-state index in [9.17, 15) is 4.79 Å². The van der Waals surface area contributed by atoms with Crippen LogP contribution in [0.15, 0.2) is 27.5 Å². The highest BCUT2D eigenvalue weighted by molar-refractivity contribution is 9.10. The SMILES string of the molecule is CCCCc1nc2ccc(Br)cc2c(=O)n1CC.OC1CNCCNC1. The minimum atomic E-state index is -0.197.